The summed E-state index contributed by atoms with van der Waals surface area (Å²) in [6, 6.07) is 6.91. The third-order valence-electron chi connectivity index (χ3n) is 3.51. The fourth-order valence-electron chi connectivity index (χ4n) is 2.08. The van der Waals surface area contributed by atoms with Crippen LogP contribution in [0.4, 0.5) is 5.69 Å². The van der Waals surface area contributed by atoms with Crippen molar-refractivity contribution in [2.75, 3.05) is 11.1 Å². The molecular formula is C15H21N3O2S. The van der Waals surface area contributed by atoms with E-state index in [1.54, 1.807) is 24.3 Å². The number of aryl methyl sites for hydroxylation is 1. The van der Waals surface area contributed by atoms with Crippen molar-refractivity contribution in [3.05, 3.63) is 41.7 Å². The first-order chi connectivity index (χ1) is 9.94. The number of nitrogens with zero attached hydrogens (tertiary/aromatic N) is 2. The van der Waals surface area contributed by atoms with Crippen molar-refractivity contribution in [2.24, 2.45) is 7.05 Å². The van der Waals surface area contributed by atoms with Gasteiger partial charge in [0.15, 0.2) is 9.84 Å². The molecule has 0 fully saturated rings. The molecule has 2 rings (SSSR count). The van der Waals surface area contributed by atoms with E-state index in [1.165, 1.54) is 0 Å². The van der Waals surface area contributed by atoms with Gasteiger partial charge in [0, 0.05) is 30.5 Å². The van der Waals surface area contributed by atoms with Gasteiger partial charge in [-0.2, -0.15) is 5.10 Å². The Hall–Kier alpha value is -1.82. The molecule has 0 radical (unpaired) electrons. The van der Waals surface area contributed by atoms with Gasteiger partial charge in [-0.3, -0.25) is 4.68 Å². The van der Waals surface area contributed by atoms with Crippen LogP contribution in [0.1, 0.15) is 24.6 Å². The number of sulfone groups is 1. The summed E-state index contributed by atoms with van der Waals surface area (Å²) in [6.45, 7) is 4.55. The molecule has 0 spiro atoms. The summed E-state index contributed by atoms with van der Waals surface area (Å²) in [5.41, 5.74) is 3.14. The average molecular weight is 307 g/mol. The van der Waals surface area contributed by atoms with Crippen LogP contribution >= 0.6 is 0 Å². The second-order valence-electron chi connectivity index (χ2n) is 5.08. The first kappa shape index (κ1) is 15.6. The highest BCUT2D eigenvalue weighted by Gasteiger charge is 2.12. The van der Waals surface area contributed by atoms with Gasteiger partial charge in [0.1, 0.15) is 0 Å². The fourth-order valence-corrected chi connectivity index (χ4v) is 3.41. The molecule has 0 unspecified atom stereocenters. The van der Waals surface area contributed by atoms with Crippen LogP contribution < -0.4 is 5.32 Å². The highest BCUT2D eigenvalue weighted by atomic mass is 32.2. The zero-order valence-corrected chi connectivity index (χ0v) is 13.4. The summed E-state index contributed by atoms with van der Waals surface area (Å²) in [5.74, 6) is 0.189. The van der Waals surface area contributed by atoms with E-state index in [0.717, 1.165) is 16.9 Å². The third-order valence-corrected chi connectivity index (χ3v) is 5.44. The molecule has 1 aromatic carbocycles. The van der Waals surface area contributed by atoms with Crippen molar-refractivity contribution in [3.8, 4) is 0 Å². The Morgan fingerprint density at radius 2 is 1.90 bits per heavy atom. The second kappa shape index (κ2) is 6.30. The number of rotatable bonds is 6. The van der Waals surface area contributed by atoms with Crippen LogP contribution in [0.3, 0.4) is 0 Å². The van der Waals surface area contributed by atoms with Crippen LogP contribution in [0.25, 0.3) is 0 Å². The predicted molar refractivity (Wildman–Crippen MR) is 84.1 cm³/mol. The maximum absolute atomic E-state index is 11.9. The van der Waals surface area contributed by atoms with Crippen LogP contribution in [0.15, 0.2) is 35.4 Å². The number of hydrogen-bond donors (Lipinski definition) is 1. The Balaban J connectivity index is 2.05. The highest BCUT2D eigenvalue weighted by Crippen LogP contribution is 2.17. The van der Waals surface area contributed by atoms with E-state index in [0.29, 0.717) is 17.9 Å². The first-order valence-electron chi connectivity index (χ1n) is 6.98. The van der Waals surface area contributed by atoms with Crippen molar-refractivity contribution in [2.45, 2.75) is 31.7 Å². The lowest BCUT2D eigenvalue weighted by atomic mass is 10.2. The average Bonchev–Trinajstić information content (AvgIpc) is 2.77. The molecule has 0 atom stereocenters. The number of nitrogens with one attached hydrogen (secondary N) is 1. The lowest BCUT2D eigenvalue weighted by Gasteiger charge is -2.08. The standard InChI is InChI=1S/C15H21N3O2S/c1-4-9-21(19,20)15-7-5-14(6-8-15)16-10-13-11-17-18(3)12(13)2/h5-8,11,16H,4,9-10H2,1-3H3. The van der Waals surface area contributed by atoms with E-state index in [-0.39, 0.29) is 5.75 Å². The third kappa shape index (κ3) is 3.64. The number of aromatic nitrogens is 2. The Morgan fingerprint density at radius 1 is 1.24 bits per heavy atom. The van der Waals surface area contributed by atoms with Gasteiger partial charge in [-0.25, -0.2) is 8.42 Å². The fraction of sp³-hybridized carbons (Fsp3) is 0.400. The molecule has 0 bridgehead atoms. The van der Waals surface area contributed by atoms with Crippen molar-refractivity contribution in [1.29, 1.82) is 0 Å². The largest absolute Gasteiger partial charge is 0.381 e. The minimum Gasteiger partial charge on any atom is -0.381 e. The topological polar surface area (TPSA) is 64.0 Å². The van der Waals surface area contributed by atoms with Crippen LogP contribution in [-0.2, 0) is 23.4 Å². The number of anilines is 1. The molecule has 5 nitrogen and oxygen atoms in total. The smallest absolute Gasteiger partial charge is 0.178 e. The van der Waals surface area contributed by atoms with Gasteiger partial charge in [0.2, 0.25) is 0 Å². The molecule has 0 saturated heterocycles. The van der Waals surface area contributed by atoms with E-state index in [1.807, 2.05) is 31.8 Å². The number of benzene rings is 1. The maximum atomic E-state index is 11.9. The summed E-state index contributed by atoms with van der Waals surface area (Å²) in [7, 11) is -1.23. The molecule has 1 aromatic heterocycles. The van der Waals surface area contributed by atoms with Crippen LogP contribution in [0.5, 0.6) is 0 Å². The highest BCUT2D eigenvalue weighted by molar-refractivity contribution is 7.91. The van der Waals surface area contributed by atoms with E-state index in [2.05, 4.69) is 10.4 Å². The normalized spacial score (nSPS) is 11.6. The van der Waals surface area contributed by atoms with Gasteiger partial charge in [-0.15, -0.1) is 0 Å². The molecule has 0 saturated carbocycles. The van der Waals surface area contributed by atoms with Crippen LogP contribution in [0, 0.1) is 6.92 Å². The lowest BCUT2D eigenvalue weighted by Crippen LogP contribution is -2.06. The molecule has 0 amide bonds. The zero-order valence-electron chi connectivity index (χ0n) is 12.6. The number of hydrogen-bond acceptors (Lipinski definition) is 4. The molecular weight excluding hydrogens is 286 g/mol. The van der Waals surface area contributed by atoms with Gasteiger partial charge >= 0.3 is 0 Å². The Labute approximate surface area is 125 Å². The van der Waals surface area contributed by atoms with Crippen LogP contribution in [-0.4, -0.2) is 24.0 Å². The van der Waals surface area contributed by atoms with Gasteiger partial charge in [0.05, 0.1) is 16.8 Å². The minimum absolute atomic E-state index is 0.189. The molecule has 114 valence electrons. The maximum Gasteiger partial charge on any atom is 0.178 e. The summed E-state index contributed by atoms with van der Waals surface area (Å²) in [5, 5.41) is 7.47. The van der Waals surface area contributed by atoms with Gasteiger partial charge in [0.25, 0.3) is 0 Å². The van der Waals surface area contributed by atoms with E-state index in [9.17, 15) is 8.42 Å². The quantitative estimate of drug-likeness (QED) is 0.890. The van der Waals surface area contributed by atoms with Crippen molar-refractivity contribution < 1.29 is 8.42 Å². The van der Waals surface area contributed by atoms with Gasteiger partial charge < -0.3 is 5.32 Å². The van der Waals surface area contributed by atoms with Gasteiger partial charge in [-0.05, 0) is 37.6 Å². The van der Waals surface area contributed by atoms with E-state index in [4.69, 9.17) is 0 Å². The minimum atomic E-state index is -3.14. The monoisotopic (exact) mass is 307 g/mol. The Bertz CT molecular complexity index is 703. The van der Waals surface area contributed by atoms with Crippen molar-refractivity contribution >= 4 is 15.5 Å². The molecule has 1 N–H and O–H groups in total. The summed E-state index contributed by atoms with van der Waals surface area (Å²) >= 11 is 0. The molecule has 6 heteroatoms. The second-order valence-corrected chi connectivity index (χ2v) is 7.18. The molecule has 0 aliphatic carbocycles. The zero-order chi connectivity index (χ0) is 15.5. The Morgan fingerprint density at radius 3 is 2.43 bits per heavy atom. The van der Waals surface area contributed by atoms with E-state index >= 15 is 0 Å². The SMILES string of the molecule is CCCS(=O)(=O)c1ccc(NCc2cnn(C)c2C)cc1. The summed E-state index contributed by atoms with van der Waals surface area (Å²) in [4.78, 5) is 0.382. The molecule has 1 heterocycles. The Kier molecular flexibility index (Phi) is 4.67. The van der Waals surface area contributed by atoms with Crippen molar-refractivity contribution in [3.63, 3.8) is 0 Å². The lowest BCUT2D eigenvalue weighted by molar-refractivity contribution is 0.595. The molecule has 2 aromatic rings. The molecule has 0 aliphatic heterocycles. The molecule has 0 aliphatic rings. The predicted octanol–water partition coefficient (Wildman–Crippen LogP) is 2.52. The summed E-state index contributed by atoms with van der Waals surface area (Å²) in [6.07, 6.45) is 2.46. The van der Waals surface area contributed by atoms with Gasteiger partial charge in [-0.1, -0.05) is 6.92 Å². The van der Waals surface area contributed by atoms with E-state index < -0.39 is 9.84 Å². The van der Waals surface area contributed by atoms with Crippen LogP contribution in [0.2, 0.25) is 0 Å². The van der Waals surface area contributed by atoms with Crippen molar-refractivity contribution in [1.82, 2.24) is 9.78 Å². The first-order valence-corrected chi connectivity index (χ1v) is 8.63. The molecule has 21 heavy (non-hydrogen) atoms. The summed E-state index contributed by atoms with van der Waals surface area (Å²) < 4.78 is 25.7.